The molecule has 1 aliphatic carbocycles. The molecule has 0 heterocycles. The van der Waals surface area contributed by atoms with Gasteiger partial charge >= 0.3 is 0 Å². The van der Waals surface area contributed by atoms with E-state index in [2.05, 4.69) is 0 Å². The molecule has 0 spiro atoms. The summed E-state index contributed by atoms with van der Waals surface area (Å²) >= 11 is 0. The largest absolute Gasteiger partial charge is 0.392 e. The van der Waals surface area contributed by atoms with Gasteiger partial charge < -0.3 is 5.11 Å². The molecule has 1 aliphatic rings. The fraction of sp³-hybridized carbons (Fsp3) is 0.500. The molecule has 1 saturated carbocycles. The zero-order chi connectivity index (χ0) is 11.6. The van der Waals surface area contributed by atoms with Crippen LogP contribution in [0.3, 0.4) is 0 Å². The lowest BCUT2D eigenvalue weighted by atomic mass is 9.69. The summed E-state index contributed by atoms with van der Waals surface area (Å²) < 4.78 is 0. The van der Waals surface area contributed by atoms with E-state index >= 15 is 0 Å². The number of benzene rings is 1. The third-order valence-corrected chi connectivity index (χ3v) is 3.71. The lowest BCUT2D eigenvalue weighted by Crippen LogP contribution is -2.42. The molecule has 2 nitrogen and oxygen atoms in total. The first-order valence-corrected chi connectivity index (χ1v) is 5.92. The molecule has 0 aliphatic heterocycles. The lowest BCUT2D eigenvalue weighted by Gasteiger charge is -2.37. The monoisotopic (exact) mass is 218 g/mol. The van der Waals surface area contributed by atoms with Gasteiger partial charge in [-0.05, 0) is 19.8 Å². The Morgan fingerprint density at radius 3 is 2.62 bits per heavy atom. The summed E-state index contributed by atoms with van der Waals surface area (Å²) in [6.07, 6.45) is 3.11. The van der Waals surface area contributed by atoms with Gasteiger partial charge in [-0.1, -0.05) is 43.2 Å². The quantitative estimate of drug-likeness (QED) is 0.775. The van der Waals surface area contributed by atoms with Crippen LogP contribution in [-0.4, -0.2) is 17.0 Å². The van der Waals surface area contributed by atoms with Gasteiger partial charge in [0.15, 0.2) is 5.78 Å². The molecule has 1 aromatic carbocycles. The highest BCUT2D eigenvalue weighted by Gasteiger charge is 2.42. The van der Waals surface area contributed by atoms with Gasteiger partial charge in [0.1, 0.15) is 0 Å². The highest BCUT2D eigenvalue weighted by molar-refractivity contribution is 6.00. The van der Waals surface area contributed by atoms with Crippen LogP contribution in [0.2, 0.25) is 0 Å². The van der Waals surface area contributed by atoms with Crippen molar-refractivity contribution in [2.75, 3.05) is 0 Å². The molecule has 0 amide bonds. The van der Waals surface area contributed by atoms with E-state index in [1.54, 1.807) is 0 Å². The number of carbonyl (C=O) groups excluding carboxylic acids is 1. The molecule has 0 aromatic heterocycles. The highest BCUT2D eigenvalue weighted by Crippen LogP contribution is 2.38. The van der Waals surface area contributed by atoms with Gasteiger partial charge in [-0.2, -0.15) is 0 Å². The first kappa shape index (κ1) is 11.3. The maximum atomic E-state index is 12.4. The number of hydrogen-bond acceptors (Lipinski definition) is 2. The lowest BCUT2D eigenvalue weighted by molar-refractivity contribution is 0.00837. The topological polar surface area (TPSA) is 37.3 Å². The summed E-state index contributed by atoms with van der Waals surface area (Å²) in [5, 5.41) is 10.0. The second-order valence-electron chi connectivity index (χ2n) is 4.87. The summed E-state index contributed by atoms with van der Waals surface area (Å²) in [7, 11) is 0. The number of Topliss-reactive ketones (excluding diaryl/α,β-unsaturated/α-hetero) is 1. The van der Waals surface area contributed by atoms with Crippen LogP contribution in [0.15, 0.2) is 30.3 Å². The zero-order valence-corrected chi connectivity index (χ0v) is 9.65. The molecule has 86 valence electrons. The molecule has 1 fully saturated rings. The van der Waals surface area contributed by atoms with Crippen LogP contribution in [0.5, 0.6) is 0 Å². The average Bonchev–Trinajstić information content (AvgIpc) is 2.33. The van der Waals surface area contributed by atoms with E-state index in [4.69, 9.17) is 0 Å². The van der Waals surface area contributed by atoms with Crippen molar-refractivity contribution in [3.05, 3.63) is 35.9 Å². The number of ketones is 1. The normalized spacial score (nSPS) is 30.0. The van der Waals surface area contributed by atoms with Crippen molar-refractivity contribution in [2.45, 2.75) is 38.7 Å². The Morgan fingerprint density at radius 2 is 2.00 bits per heavy atom. The molecule has 0 unspecified atom stereocenters. The van der Waals surface area contributed by atoms with Crippen molar-refractivity contribution < 1.29 is 9.90 Å². The molecular formula is C14H18O2. The minimum absolute atomic E-state index is 0.0836. The van der Waals surface area contributed by atoms with E-state index < -0.39 is 11.5 Å². The van der Waals surface area contributed by atoms with Crippen LogP contribution >= 0.6 is 0 Å². The number of hydrogen-bond donors (Lipinski definition) is 1. The zero-order valence-electron chi connectivity index (χ0n) is 9.65. The van der Waals surface area contributed by atoms with E-state index in [0.29, 0.717) is 5.56 Å². The summed E-state index contributed by atoms with van der Waals surface area (Å²) in [6, 6.07) is 9.29. The van der Waals surface area contributed by atoms with Crippen LogP contribution in [0, 0.1) is 5.41 Å². The third kappa shape index (κ3) is 1.90. The molecule has 0 bridgehead atoms. The second kappa shape index (κ2) is 4.38. The second-order valence-corrected chi connectivity index (χ2v) is 4.87. The van der Waals surface area contributed by atoms with E-state index in [-0.39, 0.29) is 5.78 Å². The molecule has 1 N–H and O–H groups in total. The number of aliphatic hydroxyl groups excluding tert-OH is 1. The first-order valence-electron chi connectivity index (χ1n) is 5.92. The maximum absolute atomic E-state index is 12.4. The predicted molar refractivity (Wildman–Crippen MR) is 63.4 cm³/mol. The van der Waals surface area contributed by atoms with Gasteiger partial charge in [0, 0.05) is 5.56 Å². The predicted octanol–water partition coefficient (Wildman–Crippen LogP) is 2.81. The fourth-order valence-corrected chi connectivity index (χ4v) is 2.50. The van der Waals surface area contributed by atoms with Gasteiger partial charge in [-0.25, -0.2) is 0 Å². The van der Waals surface area contributed by atoms with Gasteiger partial charge in [-0.3, -0.25) is 4.79 Å². The fourth-order valence-electron chi connectivity index (χ4n) is 2.50. The number of rotatable bonds is 2. The molecule has 16 heavy (non-hydrogen) atoms. The molecular weight excluding hydrogens is 200 g/mol. The summed E-state index contributed by atoms with van der Waals surface area (Å²) in [6.45, 7) is 1.90. The standard InChI is InChI=1S/C14H18O2/c1-14(10-6-5-9-12(14)15)13(16)11-7-3-2-4-8-11/h2-4,7-8,12,15H,5-6,9-10H2,1H3/t12-,14-/m0/s1. The summed E-state index contributed by atoms with van der Waals surface area (Å²) in [4.78, 5) is 12.4. The molecule has 0 saturated heterocycles. The van der Waals surface area contributed by atoms with Crippen LogP contribution < -0.4 is 0 Å². The van der Waals surface area contributed by atoms with Gasteiger partial charge in [0.2, 0.25) is 0 Å². The van der Waals surface area contributed by atoms with E-state index in [0.717, 1.165) is 25.7 Å². The Bertz CT molecular complexity index is 372. The first-order chi connectivity index (χ1) is 7.64. The number of aliphatic hydroxyl groups is 1. The van der Waals surface area contributed by atoms with Crippen LogP contribution in [0.4, 0.5) is 0 Å². The molecule has 1 aromatic rings. The van der Waals surface area contributed by atoms with Crippen LogP contribution in [0.1, 0.15) is 43.0 Å². The van der Waals surface area contributed by atoms with Crippen molar-refractivity contribution >= 4 is 5.78 Å². The van der Waals surface area contributed by atoms with Gasteiger partial charge in [0.25, 0.3) is 0 Å². The Hall–Kier alpha value is -1.15. The third-order valence-electron chi connectivity index (χ3n) is 3.71. The van der Waals surface area contributed by atoms with Crippen molar-refractivity contribution in [3.63, 3.8) is 0 Å². The Balaban J connectivity index is 2.26. The molecule has 0 radical (unpaired) electrons. The summed E-state index contributed by atoms with van der Waals surface area (Å²) in [5.74, 6) is 0.0836. The molecule has 2 heteroatoms. The Morgan fingerprint density at radius 1 is 1.31 bits per heavy atom. The van der Waals surface area contributed by atoms with Crippen LogP contribution in [0.25, 0.3) is 0 Å². The molecule has 2 atom stereocenters. The highest BCUT2D eigenvalue weighted by atomic mass is 16.3. The van der Waals surface area contributed by atoms with E-state index in [9.17, 15) is 9.90 Å². The van der Waals surface area contributed by atoms with Gasteiger partial charge in [0.05, 0.1) is 11.5 Å². The van der Waals surface area contributed by atoms with Crippen LogP contribution in [-0.2, 0) is 0 Å². The minimum Gasteiger partial charge on any atom is -0.392 e. The molecule has 2 rings (SSSR count). The van der Waals surface area contributed by atoms with Crippen molar-refractivity contribution in [2.24, 2.45) is 5.41 Å². The summed E-state index contributed by atoms with van der Waals surface area (Å²) in [5.41, 5.74) is 0.130. The minimum atomic E-state index is -0.584. The van der Waals surface area contributed by atoms with E-state index in [1.165, 1.54) is 0 Å². The average molecular weight is 218 g/mol. The van der Waals surface area contributed by atoms with E-state index in [1.807, 2.05) is 37.3 Å². The Kier molecular flexibility index (Phi) is 3.10. The van der Waals surface area contributed by atoms with Crippen molar-refractivity contribution in [1.29, 1.82) is 0 Å². The van der Waals surface area contributed by atoms with Crippen molar-refractivity contribution in [1.82, 2.24) is 0 Å². The Labute approximate surface area is 96.3 Å². The van der Waals surface area contributed by atoms with Crippen molar-refractivity contribution in [3.8, 4) is 0 Å². The smallest absolute Gasteiger partial charge is 0.171 e. The van der Waals surface area contributed by atoms with Gasteiger partial charge in [-0.15, -0.1) is 0 Å². The SMILES string of the molecule is C[C@]1(C(=O)c2ccccc2)CCCC[C@@H]1O. The number of carbonyl (C=O) groups is 1. The maximum Gasteiger partial charge on any atom is 0.171 e.